The Morgan fingerprint density at radius 1 is 1.53 bits per heavy atom. The lowest BCUT2D eigenvalue weighted by atomic mass is 9.95. The van der Waals surface area contributed by atoms with E-state index in [0.29, 0.717) is 18.5 Å². The van der Waals surface area contributed by atoms with E-state index in [4.69, 9.17) is 10.5 Å². The Kier molecular flexibility index (Phi) is 5.39. The van der Waals surface area contributed by atoms with Crippen LogP contribution in [0.15, 0.2) is 6.07 Å². The molecule has 19 heavy (non-hydrogen) atoms. The fourth-order valence-corrected chi connectivity index (χ4v) is 4.19. The zero-order chi connectivity index (χ0) is 13.8. The van der Waals surface area contributed by atoms with Gasteiger partial charge in [0.15, 0.2) is 0 Å². The molecule has 108 valence electrons. The lowest BCUT2D eigenvalue weighted by Gasteiger charge is -2.38. The number of methoxy groups -OCH3 is 1. The molecule has 0 saturated carbocycles. The number of likely N-dealkylation sites (tertiary alicyclic amines) is 1. The summed E-state index contributed by atoms with van der Waals surface area (Å²) < 4.78 is 5.32. The van der Waals surface area contributed by atoms with Crippen LogP contribution in [0.25, 0.3) is 0 Å². The number of piperidine rings is 1. The van der Waals surface area contributed by atoms with Crippen LogP contribution in [-0.4, -0.2) is 38.3 Å². The van der Waals surface area contributed by atoms with Crippen molar-refractivity contribution >= 4 is 11.3 Å². The Bertz CT molecular complexity index is 403. The van der Waals surface area contributed by atoms with E-state index in [9.17, 15) is 0 Å². The molecule has 1 fully saturated rings. The largest absolute Gasteiger partial charge is 0.384 e. The van der Waals surface area contributed by atoms with E-state index in [2.05, 4.69) is 24.8 Å². The molecule has 1 saturated heterocycles. The second-order valence-corrected chi connectivity index (χ2v) is 7.04. The second-order valence-electron chi connectivity index (χ2n) is 5.58. The molecule has 1 aromatic rings. The van der Waals surface area contributed by atoms with Crippen molar-refractivity contribution in [2.75, 3.05) is 33.4 Å². The monoisotopic (exact) mass is 282 g/mol. The molecule has 2 heterocycles. The van der Waals surface area contributed by atoms with Crippen molar-refractivity contribution in [1.82, 2.24) is 4.90 Å². The minimum absolute atomic E-state index is 0.379. The van der Waals surface area contributed by atoms with Crippen LogP contribution in [0.4, 0.5) is 0 Å². The summed E-state index contributed by atoms with van der Waals surface area (Å²) >= 11 is 1.88. The number of rotatable bonds is 5. The van der Waals surface area contributed by atoms with Gasteiger partial charge in [0.25, 0.3) is 0 Å². The molecule has 0 aromatic carbocycles. The van der Waals surface area contributed by atoms with Gasteiger partial charge in [-0.25, -0.2) is 0 Å². The molecule has 4 heteroatoms. The van der Waals surface area contributed by atoms with Gasteiger partial charge in [-0.15, -0.1) is 11.3 Å². The smallest absolute Gasteiger partial charge is 0.0502 e. The van der Waals surface area contributed by atoms with E-state index in [0.717, 1.165) is 19.7 Å². The summed E-state index contributed by atoms with van der Waals surface area (Å²) in [5, 5.41) is 0. The van der Waals surface area contributed by atoms with Crippen molar-refractivity contribution in [2.24, 2.45) is 11.7 Å². The molecule has 0 radical (unpaired) electrons. The lowest BCUT2D eigenvalue weighted by molar-refractivity contribution is 0.0696. The van der Waals surface area contributed by atoms with Gasteiger partial charge in [-0.05, 0) is 50.8 Å². The highest BCUT2D eigenvalue weighted by Crippen LogP contribution is 2.32. The number of nitrogens with zero attached hydrogens (tertiary/aromatic N) is 1. The van der Waals surface area contributed by atoms with Gasteiger partial charge >= 0.3 is 0 Å². The van der Waals surface area contributed by atoms with E-state index in [1.807, 2.05) is 11.3 Å². The first-order chi connectivity index (χ1) is 9.15. The van der Waals surface area contributed by atoms with Gasteiger partial charge in [-0.2, -0.15) is 0 Å². The number of nitrogens with two attached hydrogens (primary N) is 1. The molecule has 1 aliphatic rings. The number of aryl methyl sites for hydroxylation is 2. The average molecular weight is 282 g/mol. The van der Waals surface area contributed by atoms with Crippen LogP contribution in [0.5, 0.6) is 0 Å². The van der Waals surface area contributed by atoms with Gasteiger partial charge in [-0.1, -0.05) is 0 Å². The van der Waals surface area contributed by atoms with Crippen molar-refractivity contribution in [1.29, 1.82) is 0 Å². The predicted octanol–water partition coefficient (Wildman–Crippen LogP) is 2.72. The average Bonchev–Trinajstić information content (AvgIpc) is 2.71. The van der Waals surface area contributed by atoms with Crippen LogP contribution >= 0.6 is 11.3 Å². The van der Waals surface area contributed by atoms with E-state index in [-0.39, 0.29) is 0 Å². The third-order valence-electron chi connectivity index (χ3n) is 4.06. The Hall–Kier alpha value is -0.420. The van der Waals surface area contributed by atoms with Crippen molar-refractivity contribution in [3.63, 3.8) is 0 Å². The zero-order valence-electron chi connectivity index (χ0n) is 12.3. The minimum atomic E-state index is 0.379. The van der Waals surface area contributed by atoms with Gasteiger partial charge < -0.3 is 10.5 Å². The minimum Gasteiger partial charge on any atom is -0.384 e. The highest BCUT2D eigenvalue weighted by molar-refractivity contribution is 7.12. The van der Waals surface area contributed by atoms with Crippen LogP contribution in [0.3, 0.4) is 0 Å². The van der Waals surface area contributed by atoms with Crippen molar-refractivity contribution in [2.45, 2.75) is 32.7 Å². The van der Waals surface area contributed by atoms with Gasteiger partial charge in [0.2, 0.25) is 0 Å². The summed E-state index contributed by atoms with van der Waals surface area (Å²) in [6, 6.07) is 2.70. The predicted molar refractivity (Wildman–Crippen MR) is 81.8 cm³/mol. The fourth-order valence-electron chi connectivity index (χ4n) is 3.21. The first-order valence-electron chi connectivity index (χ1n) is 7.15. The van der Waals surface area contributed by atoms with Crippen LogP contribution < -0.4 is 5.73 Å². The first-order valence-corrected chi connectivity index (χ1v) is 7.97. The Morgan fingerprint density at radius 3 is 2.89 bits per heavy atom. The van der Waals surface area contributed by atoms with Crippen LogP contribution in [0.1, 0.15) is 34.2 Å². The molecule has 2 N–H and O–H groups in total. The summed E-state index contributed by atoms with van der Waals surface area (Å²) in [5.41, 5.74) is 7.50. The first kappa shape index (κ1) is 15.0. The Labute approximate surface area is 120 Å². The molecule has 0 spiro atoms. The molecule has 0 amide bonds. The third kappa shape index (κ3) is 3.57. The van der Waals surface area contributed by atoms with Crippen LogP contribution in [0, 0.1) is 19.8 Å². The second kappa shape index (κ2) is 6.84. The van der Waals surface area contributed by atoms with Gasteiger partial charge in [0.05, 0.1) is 6.61 Å². The molecule has 0 bridgehead atoms. The maximum atomic E-state index is 6.06. The van der Waals surface area contributed by atoms with Gasteiger partial charge in [0.1, 0.15) is 0 Å². The standard InChI is InChI=1S/C15H26N2OS/c1-11-7-14(12(2)19-11)15(8-16)17-6-4-5-13(9-17)10-18-3/h7,13,15H,4-6,8-10,16H2,1-3H3. The van der Waals surface area contributed by atoms with Crippen molar-refractivity contribution in [3.8, 4) is 0 Å². The van der Waals surface area contributed by atoms with E-state index >= 15 is 0 Å². The molecule has 1 aliphatic heterocycles. The highest BCUT2D eigenvalue weighted by Gasteiger charge is 2.27. The van der Waals surface area contributed by atoms with E-state index in [1.54, 1.807) is 7.11 Å². The quantitative estimate of drug-likeness (QED) is 0.902. The number of ether oxygens (including phenoxy) is 1. The molecule has 2 rings (SSSR count). The summed E-state index contributed by atoms with van der Waals surface area (Å²) in [6.45, 7) is 8.25. The summed E-state index contributed by atoms with van der Waals surface area (Å²) in [5.74, 6) is 0.660. The van der Waals surface area contributed by atoms with E-state index in [1.165, 1.54) is 28.2 Å². The van der Waals surface area contributed by atoms with Crippen LogP contribution in [0.2, 0.25) is 0 Å². The molecular weight excluding hydrogens is 256 g/mol. The number of thiophene rings is 1. The Balaban J connectivity index is 2.10. The third-order valence-corrected chi connectivity index (χ3v) is 5.04. The molecule has 3 nitrogen and oxygen atoms in total. The fraction of sp³-hybridized carbons (Fsp3) is 0.733. The summed E-state index contributed by atoms with van der Waals surface area (Å²) in [7, 11) is 1.80. The highest BCUT2D eigenvalue weighted by atomic mass is 32.1. The summed E-state index contributed by atoms with van der Waals surface area (Å²) in [4.78, 5) is 5.36. The molecule has 2 unspecified atom stereocenters. The number of hydrogen-bond donors (Lipinski definition) is 1. The topological polar surface area (TPSA) is 38.5 Å². The van der Waals surface area contributed by atoms with E-state index < -0.39 is 0 Å². The molecule has 2 atom stereocenters. The zero-order valence-corrected chi connectivity index (χ0v) is 13.1. The van der Waals surface area contributed by atoms with Crippen molar-refractivity contribution < 1.29 is 4.74 Å². The van der Waals surface area contributed by atoms with Crippen LogP contribution in [-0.2, 0) is 4.74 Å². The normalized spacial score (nSPS) is 22.6. The lowest BCUT2D eigenvalue weighted by Crippen LogP contribution is -2.42. The maximum Gasteiger partial charge on any atom is 0.0502 e. The molecule has 1 aromatic heterocycles. The maximum absolute atomic E-state index is 6.06. The summed E-state index contributed by atoms with van der Waals surface area (Å²) in [6.07, 6.45) is 2.54. The van der Waals surface area contributed by atoms with Crippen molar-refractivity contribution in [3.05, 3.63) is 21.4 Å². The SMILES string of the molecule is COCC1CCCN(C(CN)c2cc(C)sc2C)C1. The van der Waals surface area contributed by atoms with Gasteiger partial charge in [-0.3, -0.25) is 4.90 Å². The number of hydrogen-bond acceptors (Lipinski definition) is 4. The molecule has 0 aliphatic carbocycles. The Morgan fingerprint density at radius 2 is 2.32 bits per heavy atom. The van der Waals surface area contributed by atoms with Gasteiger partial charge in [0, 0.05) is 36.0 Å². The molecular formula is C15H26N2OS.